The third-order valence-corrected chi connectivity index (χ3v) is 5.65. The van der Waals surface area contributed by atoms with Crippen molar-refractivity contribution in [1.82, 2.24) is 9.47 Å². The molecule has 0 unspecified atom stereocenters. The Morgan fingerprint density at radius 1 is 1.14 bits per heavy atom. The number of aromatic nitrogens is 1. The molecule has 0 saturated heterocycles. The molecule has 0 aliphatic heterocycles. The van der Waals surface area contributed by atoms with Crippen molar-refractivity contribution in [1.29, 1.82) is 0 Å². The highest BCUT2D eigenvalue weighted by molar-refractivity contribution is 5.86. The van der Waals surface area contributed by atoms with E-state index in [0.717, 1.165) is 36.2 Å². The fourth-order valence-electron chi connectivity index (χ4n) is 3.90. The molecule has 0 N–H and O–H groups in total. The number of hydrogen-bond acceptors (Lipinski definition) is 2. The van der Waals surface area contributed by atoms with Gasteiger partial charge in [0, 0.05) is 30.2 Å². The number of fused-ring (bicyclic) bond motifs is 1. The van der Waals surface area contributed by atoms with Crippen LogP contribution in [0.4, 0.5) is 0 Å². The Hall–Kier alpha value is -2.88. The average Bonchev–Trinajstić information content (AvgIpc) is 3.54. The zero-order valence-electron chi connectivity index (χ0n) is 17.2. The SMILES string of the molecule is CCCN(CC1CC1)C(=O)Cn1cc(-c2ccccc2)c(=O)c2ccc(C)cc21. The number of aryl methyl sites for hydroxylation is 1. The lowest BCUT2D eigenvalue weighted by Gasteiger charge is -2.23. The van der Waals surface area contributed by atoms with Gasteiger partial charge in [0.05, 0.1) is 5.52 Å². The van der Waals surface area contributed by atoms with Crippen LogP contribution in [0.1, 0.15) is 31.7 Å². The molecular weight excluding hydrogens is 360 g/mol. The van der Waals surface area contributed by atoms with E-state index in [-0.39, 0.29) is 17.9 Å². The quantitative estimate of drug-likeness (QED) is 0.592. The first-order chi connectivity index (χ1) is 14.1. The highest BCUT2D eigenvalue weighted by atomic mass is 16.2. The Morgan fingerprint density at radius 3 is 2.59 bits per heavy atom. The van der Waals surface area contributed by atoms with E-state index in [4.69, 9.17) is 0 Å². The Kier molecular flexibility index (Phi) is 5.52. The van der Waals surface area contributed by atoms with Gasteiger partial charge in [-0.25, -0.2) is 0 Å². The van der Waals surface area contributed by atoms with Gasteiger partial charge in [-0.05, 0) is 55.4 Å². The number of carbonyl (C=O) groups excluding carboxylic acids is 1. The van der Waals surface area contributed by atoms with Gasteiger partial charge in [-0.2, -0.15) is 0 Å². The van der Waals surface area contributed by atoms with Crippen LogP contribution in [-0.2, 0) is 11.3 Å². The van der Waals surface area contributed by atoms with Gasteiger partial charge in [0.1, 0.15) is 6.54 Å². The summed E-state index contributed by atoms with van der Waals surface area (Å²) in [5.41, 5.74) is 3.43. The molecular formula is C25H28N2O2. The lowest BCUT2D eigenvalue weighted by molar-refractivity contribution is -0.132. The van der Waals surface area contributed by atoms with Crippen LogP contribution in [0.15, 0.2) is 59.5 Å². The number of carbonyl (C=O) groups is 1. The summed E-state index contributed by atoms with van der Waals surface area (Å²) in [4.78, 5) is 28.3. The number of pyridine rings is 1. The molecule has 0 atom stereocenters. The first-order valence-electron chi connectivity index (χ1n) is 10.5. The van der Waals surface area contributed by atoms with Crippen LogP contribution in [0.5, 0.6) is 0 Å². The van der Waals surface area contributed by atoms with Gasteiger partial charge in [-0.3, -0.25) is 9.59 Å². The number of amides is 1. The van der Waals surface area contributed by atoms with Crippen LogP contribution >= 0.6 is 0 Å². The number of rotatable bonds is 7. The summed E-state index contributed by atoms with van der Waals surface area (Å²) >= 11 is 0. The molecule has 29 heavy (non-hydrogen) atoms. The van der Waals surface area contributed by atoms with Crippen molar-refractivity contribution >= 4 is 16.8 Å². The third kappa shape index (κ3) is 4.26. The first kappa shape index (κ1) is 19.4. The van der Waals surface area contributed by atoms with Gasteiger partial charge in [0.25, 0.3) is 0 Å². The summed E-state index contributed by atoms with van der Waals surface area (Å²) in [6.07, 6.45) is 5.27. The standard InChI is InChI=1S/C25H28N2O2/c1-3-13-26(15-19-10-11-19)24(28)17-27-16-22(20-7-5-4-6-8-20)25(29)21-12-9-18(2)14-23(21)27/h4-9,12,14,16,19H,3,10-11,13,15,17H2,1-2H3. The van der Waals surface area contributed by atoms with E-state index in [2.05, 4.69) is 6.92 Å². The van der Waals surface area contributed by atoms with E-state index in [1.54, 1.807) is 0 Å². The Balaban J connectivity index is 1.77. The maximum absolute atomic E-state index is 13.2. The van der Waals surface area contributed by atoms with E-state index in [1.165, 1.54) is 12.8 Å². The molecule has 150 valence electrons. The molecule has 1 aromatic heterocycles. The molecule has 1 saturated carbocycles. The minimum atomic E-state index is 0.0123. The van der Waals surface area contributed by atoms with Crippen LogP contribution in [0, 0.1) is 12.8 Å². The molecule has 4 heteroatoms. The summed E-state index contributed by atoms with van der Waals surface area (Å²) < 4.78 is 1.96. The predicted octanol–water partition coefficient (Wildman–Crippen LogP) is 4.63. The van der Waals surface area contributed by atoms with E-state index in [0.29, 0.717) is 16.9 Å². The second kappa shape index (κ2) is 8.24. The molecule has 1 heterocycles. The van der Waals surface area contributed by atoms with Crippen molar-refractivity contribution in [2.24, 2.45) is 5.92 Å². The third-order valence-electron chi connectivity index (χ3n) is 5.65. The van der Waals surface area contributed by atoms with Crippen LogP contribution in [0.2, 0.25) is 0 Å². The molecule has 2 aromatic carbocycles. The molecule has 0 radical (unpaired) electrons. The summed E-state index contributed by atoms with van der Waals surface area (Å²) in [5, 5.41) is 0.661. The molecule has 3 aromatic rings. The molecule has 4 rings (SSSR count). The van der Waals surface area contributed by atoms with Gasteiger partial charge in [0.2, 0.25) is 5.91 Å². The number of nitrogens with zero attached hydrogens (tertiary/aromatic N) is 2. The van der Waals surface area contributed by atoms with Crippen molar-refractivity contribution in [3.63, 3.8) is 0 Å². The minimum Gasteiger partial charge on any atom is -0.341 e. The highest BCUT2D eigenvalue weighted by Gasteiger charge is 2.26. The van der Waals surface area contributed by atoms with Gasteiger partial charge in [-0.1, -0.05) is 43.3 Å². The summed E-state index contributed by atoms with van der Waals surface area (Å²) in [6.45, 7) is 6.02. The van der Waals surface area contributed by atoms with Crippen LogP contribution in [-0.4, -0.2) is 28.5 Å². The number of hydrogen-bond donors (Lipinski definition) is 0. The molecule has 1 aliphatic rings. The predicted molar refractivity (Wildman–Crippen MR) is 118 cm³/mol. The number of benzene rings is 2. The lowest BCUT2D eigenvalue weighted by atomic mass is 10.0. The summed E-state index contributed by atoms with van der Waals surface area (Å²) in [6, 6.07) is 15.5. The Labute approximate surface area is 171 Å². The maximum atomic E-state index is 13.2. The molecule has 4 nitrogen and oxygen atoms in total. The van der Waals surface area contributed by atoms with Crippen molar-refractivity contribution < 1.29 is 4.79 Å². The first-order valence-corrected chi connectivity index (χ1v) is 10.5. The summed E-state index contributed by atoms with van der Waals surface area (Å²) in [7, 11) is 0. The fourth-order valence-corrected chi connectivity index (χ4v) is 3.90. The molecule has 0 spiro atoms. The Bertz CT molecular complexity index is 1080. The zero-order valence-corrected chi connectivity index (χ0v) is 17.2. The largest absolute Gasteiger partial charge is 0.341 e. The van der Waals surface area contributed by atoms with E-state index in [9.17, 15) is 9.59 Å². The molecule has 1 aliphatic carbocycles. The van der Waals surface area contributed by atoms with Crippen molar-refractivity contribution in [3.8, 4) is 11.1 Å². The molecule has 1 fully saturated rings. The van der Waals surface area contributed by atoms with Crippen LogP contribution in [0.25, 0.3) is 22.0 Å². The molecule has 1 amide bonds. The highest BCUT2D eigenvalue weighted by Crippen LogP contribution is 2.30. The smallest absolute Gasteiger partial charge is 0.242 e. The summed E-state index contributed by atoms with van der Waals surface area (Å²) in [5.74, 6) is 0.794. The second-order valence-electron chi connectivity index (χ2n) is 8.17. The molecule has 0 bridgehead atoms. The van der Waals surface area contributed by atoms with Crippen LogP contribution in [0.3, 0.4) is 0 Å². The lowest BCUT2D eigenvalue weighted by Crippen LogP contribution is -2.36. The average molecular weight is 389 g/mol. The topological polar surface area (TPSA) is 42.3 Å². The van der Waals surface area contributed by atoms with Gasteiger partial charge >= 0.3 is 0 Å². The van der Waals surface area contributed by atoms with Crippen molar-refractivity contribution in [2.45, 2.75) is 39.7 Å². The maximum Gasteiger partial charge on any atom is 0.242 e. The van der Waals surface area contributed by atoms with Gasteiger partial charge in [0.15, 0.2) is 5.43 Å². The van der Waals surface area contributed by atoms with E-state index in [1.807, 2.05) is 71.1 Å². The van der Waals surface area contributed by atoms with Crippen LogP contribution < -0.4 is 5.43 Å². The minimum absolute atomic E-state index is 0.0123. The van der Waals surface area contributed by atoms with Crippen molar-refractivity contribution in [3.05, 3.63) is 70.5 Å². The second-order valence-corrected chi connectivity index (χ2v) is 8.17. The van der Waals surface area contributed by atoms with Crippen molar-refractivity contribution in [2.75, 3.05) is 13.1 Å². The van der Waals surface area contributed by atoms with E-state index < -0.39 is 0 Å². The van der Waals surface area contributed by atoms with E-state index >= 15 is 0 Å². The normalized spacial score (nSPS) is 13.6. The fraction of sp³-hybridized carbons (Fsp3) is 0.360. The van der Waals surface area contributed by atoms with Gasteiger partial charge in [-0.15, -0.1) is 0 Å². The monoisotopic (exact) mass is 388 g/mol. The van der Waals surface area contributed by atoms with Gasteiger partial charge < -0.3 is 9.47 Å². The Morgan fingerprint density at radius 2 is 1.90 bits per heavy atom. The zero-order chi connectivity index (χ0) is 20.4.